The fourth-order valence-electron chi connectivity index (χ4n) is 3.68. The molecule has 1 fully saturated rings. The number of hydrogen-bond donors (Lipinski definition) is 3. The molecule has 0 saturated carbocycles. The summed E-state index contributed by atoms with van der Waals surface area (Å²) in [6.07, 6.45) is -0.807. The number of benzene rings is 2. The molecule has 1 saturated heterocycles. The minimum atomic E-state index is -1.50. The van der Waals surface area contributed by atoms with Gasteiger partial charge in [0.2, 0.25) is 5.91 Å². The first-order valence-corrected chi connectivity index (χ1v) is 10.3. The van der Waals surface area contributed by atoms with Gasteiger partial charge in [-0.3, -0.25) is 4.79 Å². The van der Waals surface area contributed by atoms with E-state index in [2.05, 4.69) is 21.2 Å². The van der Waals surface area contributed by atoms with Gasteiger partial charge in [-0.05, 0) is 36.8 Å². The zero-order chi connectivity index (χ0) is 20.8. The summed E-state index contributed by atoms with van der Waals surface area (Å²) < 4.78 is 20.6. The molecule has 9 heteroatoms. The van der Waals surface area contributed by atoms with E-state index in [1.165, 1.54) is 6.07 Å². The Balaban J connectivity index is 1.46. The number of β-amino-alcohol motifs (C(OH)–C–C–N with tert-alkyl or cyclic N) is 1. The molecule has 0 aromatic heterocycles. The third-order valence-electron chi connectivity index (χ3n) is 5.38. The Morgan fingerprint density at radius 2 is 2.17 bits per heavy atom. The summed E-state index contributed by atoms with van der Waals surface area (Å²) in [6, 6.07) is 7.98. The fraction of sp³-hybridized carbons (Fsp3) is 0.350. The maximum atomic E-state index is 14.2. The van der Waals surface area contributed by atoms with Crippen molar-refractivity contribution in [2.75, 3.05) is 29.9 Å². The van der Waals surface area contributed by atoms with Crippen molar-refractivity contribution in [3.8, 4) is 5.75 Å². The molecule has 2 heterocycles. The molecular formula is C20H19BrClFN2O4. The number of ether oxygens (including phenoxy) is 1. The Bertz CT molecular complexity index is 976. The van der Waals surface area contributed by atoms with Crippen LogP contribution in [0.2, 0.25) is 5.02 Å². The van der Waals surface area contributed by atoms with E-state index >= 15 is 0 Å². The average Bonchev–Trinajstić information content (AvgIpc) is 3.06. The van der Waals surface area contributed by atoms with E-state index in [4.69, 9.17) is 16.3 Å². The minimum Gasteiger partial charge on any atom is -0.490 e. The molecule has 0 bridgehead atoms. The summed E-state index contributed by atoms with van der Waals surface area (Å²) in [5, 5.41) is 24.6. The number of aliphatic hydroxyl groups is 2. The fourth-order valence-corrected chi connectivity index (χ4v) is 4.24. The molecule has 3 N–H and O–H groups in total. The van der Waals surface area contributed by atoms with Gasteiger partial charge in [0.05, 0.1) is 22.8 Å². The molecule has 4 rings (SSSR count). The van der Waals surface area contributed by atoms with Gasteiger partial charge in [0, 0.05) is 23.1 Å². The quantitative estimate of drug-likeness (QED) is 0.620. The molecule has 0 radical (unpaired) electrons. The summed E-state index contributed by atoms with van der Waals surface area (Å²) in [7, 11) is 0. The standard InChI is InChI=1S/C20H19BrClFN2O4/c21-11-1-3-15(14(23)7-11)25-6-5-20(28,17(26)9-25)10-29-16-4-2-13(22)19-12(16)8-18(27)24-19/h1-4,7,17,26,28H,5-6,8-10H2,(H,24,27)/t17-,20-/m1/s1. The summed E-state index contributed by atoms with van der Waals surface area (Å²) in [6.45, 7) is 0.262. The lowest BCUT2D eigenvalue weighted by atomic mass is 9.89. The van der Waals surface area contributed by atoms with Crippen LogP contribution in [0, 0.1) is 5.82 Å². The maximum Gasteiger partial charge on any atom is 0.229 e. The van der Waals surface area contributed by atoms with Gasteiger partial charge in [-0.2, -0.15) is 0 Å². The van der Waals surface area contributed by atoms with Crippen LogP contribution in [-0.4, -0.2) is 47.5 Å². The number of amides is 1. The number of rotatable bonds is 4. The van der Waals surface area contributed by atoms with Crippen molar-refractivity contribution in [1.82, 2.24) is 0 Å². The number of halogens is 3. The van der Waals surface area contributed by atoms with E-state index in [9.17, 15) is 19.4 Å². The molecule has 2 aromatic carbocycles. The van der Waals surface area contributed by atoms with Gasteiger partial charge in [-0.15, -0.1) is 0 Å². The Hall–Kier alpha value is -1.87. The molecule has 2 aliphatic rings. The minimum absolute atomic E-state index is 0.0666. The molecular weight excluding hydrogens is 467 g/mol. The van der Waals surface area contributed by atoms with Crippen molar-refractivity contribution in [3.63, 3.8) is 0 Å². The first kappa shape index (κ1) is 20.4. The molecule has 0 unspecified atom stereocenters. The molecule has 0 aliphatic carbocycles. The lowest BCUT2D eigenvalue weighted by Gasteiger charge is -2.42. The normalized spacial score (nSPS) is 23.7. The van der Waals surface area contributed by atoms with E-state index < -0.39 is 17.5 Å². The predicted molar refractivity (Wildman–Crippen MR) is 111 cm³/mol. The SMILES string of the molecule is O=C1Cc2c(OC[C@]3(O)CCN(c4ccc(Br)cc4F)C[C@H]3O)ccc(Cl)c2N1. The number of carbonyl (C=O) groups excluding carboxylic acids is 1. The number of nitrogens with zero attached hydrogens (tertiary/aromatic N) is 1. The van der Waals surface area contributed by atoms with E-state index in [0.717, 1.165) is 0 Å². The zero-order valence-electron chi connectivity index (χ0n) is 15.3. The third kappa shape index (κ3) is 3.94. The lowest BCUT2D eigenvalue weighted by Crippen LogP contribution is -2.58. The number of anilines is 2. The van der Waals surface area contributed by atoms with Crippen molar-refractivity contribution >= 4 is 44.8 Å². The van der Waals surface area contributed by atoms with Gasteiger partial charge in [0.15, 0.2) is 0 Å². The number of carbonyl (C=O) groups is 1. The van der Waals surface area contributed by atoms with Crippen LogP contribution in [0.15, 0.2) is 34.8 Å². The van der Waals surface area contributed by atoms with Crippen molar-refractivity contribution in [2.45, 2.75) is 24.5 Å². The summed E-state index contributed by atoms with van der Waals surface area (Å²) >= 11 is 9.33. The Kier molecular flexibility index (Phi) is 5.46. The second kappa shape index (κ2) is 7.75. The zero-order valence-corrected chi connectivity index (χ0v) is 17.6. The summed E-state index contributed by atoms with van der Waals surface area (Å²) in [5.74, 6) is -0.145. The van der Waals surface area contributed by atoms with Crippen LogP contribution in [0.4, 0.5) is 15.8 Å². The number of aliphatic hydroxyl groups excluding tert-OH is 1. The number of nitrogens with one attached hydrogen (secondary N) is 1. The van der Waals surface area contributed by atoms with Gasteiger partial charge >= 0.3 is 0 Å². The van der Waals surface area contributed by atoms with Crippen molar-refractivity contribution < 1.29 is 24.1 Å². The summed E-state index contributed by atoms with van der Waals surface area (Å²) in [5.41, 5.74) is 0.0257. The van der Waals surface area contributed by atoms with Crippen molar-refractivity contribution in [3.05, 3.63) is 51.2 Å². The van der Waals surface area contributed by atoms with E-state index in [0.29, 0.717) is 38.7 Å². The first-order chi connectivity index (χ1) is 13.8. The molecule has 2 atom stereocenters. The lowest BCUT2D eigenvalue weighted by molar-refractivity contribution is -0.115. The van der Waals surface area contributed by atoms with Crippen molar-refractivity contribution in [2.24, 2.45) is 0 Å². The predicted octanol–water partition coefficient (Wildman–Crippen LogP) is 3.12. The van der Waals surface area contributed by atoms with Gasteiger partial charge in [0.25, 0.3) is 0 Å². The first-order valence-electron chi connectivity index (χ1n) is 9.11. The number of fused-ring (bicyclic) bond motifs is 1. The Labute approximate surface area is 180 Å². The van der Waals surface area contributed by atoms with Gasteiger partial charge in [0.1, 0.15) is 29.9 Å². The monoisotopic (exact) mass is 484 g/mol. The van der Waals surface area contributed by atoms with Crippen LogP contribution in [0.1, 0.15) is 12.0 Å². The Morgan fingerprint density at radius 1 is 1.38 bits per heavy atom. The van der Waals surface area contributed by atoms with Gasteiger partial charge in [-0.25, -0.2) is 4.39 Å². The molecule has 29 heavy (non-hydrogen) atoms. The third-order valence-corrected chi connectivity index (χ3v) is 6.19. The van der Waals surface area contributed by atoms with E-state index in [1.54, 1.807) is 29.2 Å². The maximum absolute atomic E-state index is 14.2. The largest absolute Gasteiger partial charge is 0.490 e. The van der Waals surface area contributed by atoms with Crippen molar-refractivity contribution in [1.29, 1.82) is 0 Å². The molecule has 154 valence electrons. The highest BCUT2D eigenvalue weighted by Gasteiger charge is 2.42. The molecule has 6 nitrogen and oxygen atoms in total. The van der Waals surface area contributed by atoms with Gasteiger partial charge < -0.3 is 25.2 Å². The van der Waals surface area contributed by atoms with Crippen LogP contribution in [0.25, 0.3) is 0 Å². The van der Waals surface area contributed by atoms with Gasteiger partial charge in [-0.1, -0.05) is 27.5 Å². The molecule has 1 amide bonds. The number of piperidine rings is 1. The Morgan fingerprint density at radius 3 is 2.90 bits per heavy atom. The van der Waals surface area contributed by atoms with Crippen LogP contribution in [0.3, 0.4) is 0 Å². The van der Waals surface area contributed by atoms with Crippen LogP contribution >= 0.6 is 27.5 Å². The summed E-state index contributed by atoms with van der Waals surface area (Å²) in [4.78, 5) is 13.4. The molecule has 0 spiro atoms. The topological polar surface area (TPSA) is 82.0 Å². The highest BCUT2D eigenvalue weighted by Crippen LogP contribution is 2.38. The molecule has 2 aromatic rings. The van der Waals surface area contributed by atoms with Crippen LogP contribution < -0.4 is 15.0 Å². The smallest absolute Gasteiger partial charge is 0.229 e. The van der Waals surface area contributed by atoms with E-state index in [1.807, 2.05) is 0 Å². The van der Waals surface area contributed by atoms with E-state index in [-0.39, 0.29) is 31.9 Å². The highest BCUT2D eigenvalue weighted by atomic mass is 79.9. The van der Waals surface area contributed by atoms with Crippen LogP contribution in [0.5, 0.6) is 5.75 Å². The second-order valence-corrected chi connectivity index (χ2v) is 8.65. The molecule has 2 aliphatic heterocycles. The average molecular weight is 486 g/mol. The van der Waals surface area contributed by atoms with Crippen LogP contribution in [-0.2, 0) is 11.2 Å². The second-order valence-electron chi connectivity index (χ2n) is 7.32. The number of hydrogen-bond acceptors (Lipinski definition) is 5. The highest BCUT2D eigenvalue weighted by molar-refractivity contribution is 9.10.